The van der Waals surface area contributed by atoms with Crippen LogP contribution in [0.1, 0.15) is 24.4 Å². The fraction of sp³-hybridized carbons (Fsp3) is 0.455. The van der Waals surface area contributed by atoms with Gasteiger partial charge in [-0.3, -0.25) is 0 Å². The van der Waals surface area contributed by atoms with Gasteiger partial charge in [-0.2, -0.15) is 0 Å². The first-order valence-corrected chi connectivity index (χ1v) is 5.07. The van der Waals surface area contributed by atoms with Gasteiger partial charge in [0.25, 0.3) is 0 Å². The summed E-state index contributed by atoms with van der Waals surface area (Å²) in [5, 5.41) is 8.72. The van der Waals surface area contributed by atoms with E-state index in [4.69, 9.17) is 20.3 Å². The van der Waals surface area contributed by atoms with E-state index in [1.807, 2.05) is 18.2 Å². The summed E-state index contributed by atoms with van der Waals surface area (Å²) >= 11 is 0. The van der Waals surface area contributed by atoms with Crippen LogP contribution >= 0.6 is 0 Å². The van der Waals surface area contributed by atoms with E-state index in [2.05, 4.69) is 0 Å². The Balaban J connectivity index is 2.08. The molecule has 4 nitrogen and oxygen atoms in total. The van der Waals surface area contributed by atoms with Gasteiger partial charge < -0.3 is 20.3 Å². The van der Waals surface area contributed by atoms with Crippen LogP contribution in [-0.2, 0) is 0 Å². The zero-order chi connectivity index (χ0) is 10.7. The molecule has 0 unspecified atom stereocenters. The third kappa shape index (κ3) is 2.22. The number of rotatable bonds is 4. The van der Waals surface area contributed by atoms with Crippen molar-refractivity contribution >= 4 is 0 Å². The highest BCUT2D eigenvalue weighted by Crippen LogP contribution is 2.34. The Bertz CT molecular complexity index is 341. The van der Waals surface area contributed by atoms with E-state index < -0.39 is 0 Å². The Labute approximate surface area is 88.6 Å². The molecule has 0 radical (unpaired) electrons. The van der Waals surface area contributed by atoms with Gasteiger partial charge in [-0.15, -0.1) is 0 Å². The molecule has 4 heteroatoms. The minimum atomic E-state index is -0.0494. The van der Waals surface area contributed by atoms with Crippen molar-refractivity contribution in [3.63, 3.8) is 0 Å². The molecule has 0 bridgehead atoms. The molecule has 0 aliphatic carbocycles. The molecule has 1 aromatic rings. The molecule has 2 rings (SSSR count). The molecule has 0 amide bonds. The normalized spacial score (nSPS) is 15.3. The predicted molar refractivity (Wildman–Crippen MR) is 55.8 cm³/mol. The average molecular weight is 209 g/mol. The molecule has 1 atom stereocenters. The molecular weight excluding hydrogens is 194 g/mol. The number of nitrogens with two attached hydrogens (primary N) is 1. The van der Waals surface area contributed by atoms with Crippen LogP contribution < -0.4 is 15.2 Å². The van der Waals surface area contributed by atoms with Gasteiger partial charge in [0, 0.05) is 12.6 Å². The zero-order valence-electron chi connectivity index (χ0n) is 8.48. The van der Waals surface area contributed by atoms with Crippen LogP contribution in [0.25, 0.3) is 0 Å². The van der Waals surface area contributed by atoms with E-state index in [1.54, 1.807) is 0 Å². The first-order chi connectivity index (χ1) is 7.31. The molecule has 0 aromatic heterocycles. The molecule has 1 aliphatic rings. The van der Waals surface area contributed by atoms with Crippen molar-refractivity contribution < 1.29 is 14.6 Å². The van der Waals surface area contributed by atoms with E-state index in [0.29, 0.717) is 0 Å². The third-order valence-electron chi connectivity index (χ3n) is 2.50. The molecular formula is C11H15NO3. The maximum absolute atomic E-state index is 8.72. The Kier molecular flexibility index (Phi) is 3.08. The molecule has 3 N–H and O–H groups in total. The quantitative estimate of drug-likeness (QED) is 0.781. The minimum Gasteiger partial charge on any atom is -0.454 e. The van der Waals surface area contributed by atoms with Crippen molar-refractivity contribution in [2.75, 3.05) is 13.4 Å². The highest BCUT2D eigenvalue weighted by molar-refractivity contribution is 5.45. The Morgan fingerprint density at radius 2 is 2.13 bits per heavy atom. The second-order valence-corrected chi connectivity index (χ2v) is 3.59. The second-order valence-electron chi connectivity index (χ2n) is 3.59. The lowest BCUT2D eigenvalue weighted by Gasteiger charge is -2.11. The fourth-order valence-electron chi connectivity index (χ4n) is 1.62. The molecule has 0 fully saturated rings. The molecule has 15 heavy (non-hydrogen) atoms. The molecule has 0 spiro atoms. The van der Waals surface area contributed by atoms with Crippen molar-refractivity contribution in [2.24, 2.45) is 5.73 Å². The number of fused-ring (bicyclic) bond motifs is 1. The summed E-state index contributed by atoms with van der Waals surface area (Å²) in [6.45, 7) is 0.461. The van der Waals surface area contributed by atoms with Crippen LogP contribution in [0, 0.1) is 0 Å². The minimum absolute atomic E-state index is 0.0494. The second kappa shape index (κ2) is 4.51. The number of aliphatic hydroxyl groups is 1. The van der Waals surface area contributed by atoms with Gasteiger partial charge in [0.1, 0.15) is 0 Å². The van der Waals surface area contributed by atoms with E-state index in [0.717, 1.165) is 29.9 Å². The third-order valence-corrected chi connectivity index (χ3v) is 2.50. The lowest BCUT2D eigenvalue weighted by molar-refractivity contribution is 0.174. The molecule has 1 heterocycles. The number of hydrogen-bond acceptors (Lipinski definition) is 4. The van der Waals surface area contributed by atoms with Gasteiger partial charge in [-0.25, -0.2) is 0 Å². The highest BCUT2D eigenvalue weighted by Gasteiger charge is 2.15. The maximum Gasteiger partial charge on any atom is 0.231 e. The van der Waals surface area contributed by atoms with Gasteiger partial charge in [0.2, 0.25) is 6.79 Å². The van der Waals surface area contributed by atoms with E-state index in [9.17, 15) is 0 Å². The number of ether oxygens (including phenoxy) is 2. The SMILES string of the molecule is N[C@@H](CCCO)c1ccc2c(c1)OCO2. The van der Waals surface area contributed by atoms with E-state index in [-0.39, 0.29) is 19.4 Å². The topological polar surface area (TPSA) is 64.7 Å². The van der Waals surface area contributed by atoms with Crippen molar-refractivity contribution in [1.29, 1.82) is 0 Å². The fourth-order valence-corrected chi connectivity index (χ4v) is 1.62. The van der Waals surface area contributed by atoms with Crippen molar-refractivity contribution in [3.05, 3.63) is 23.8 Å². The van der Waals surface area contributed by atoms with Crippen LogP contribution in [-0.4, -0.2) is 18.5 Å². The van der Waals surface area contributed by atoms with E-state index >= 15 is 0 Å². The smallest absolute Gasteiger partial charge is 0.231 e. The Morgan fingerprint density at radius 1 is 1.33 bits per heavy atom. The van der Waals surface area contributed by atoms with Crippen LogP contribution in [0.5, 0.6) is 11.5 Å². The summed E-state index contributed by atoms with van der Waals surface area (Å²) in [4.78, 5) is 0. The van der Waals surface area contributed by atoms with Gasteiger partial charge in [0.05, 0.1) is 0 Å². The number of aliphatic hydroxyl groups excluding tert-OH is 1. The van der Waals surface area contributed by atoms with Crippen LogP contribution in [0.2, 0.25) is 0 Å². The number of benzene rings is 1. The summed E-state index contributed by atoms with van der Waals surface area (Å²) in [5.41, 5.74) is 6.99. The average Bonchev–Trinajstić information content (AvgIpc) is 2.72. The van der Waals surface area contributed by atoms with Crippen LogP contribution in [0.4, 0.5) is 0 Å². The predicted octanol–water partition coefficient (Wildman–Crippen LogP) is 1.19. The van der Waals surface area contributed by atoms with Gasteiger partial charge in [0.15, 0.2) is 11.5 Å². The molecule has 82 valence electrons. The van der Waals surface area contributed by atoms with Crippen molar-refractivity contribution in [3.8, 4) is 11.5 Å². The summed E-state index contributed by atoms with van der Waals surface area (Å²) < 4.78 is 10.5. The van der Waals surface area contributed by atoms with Gasteiger partial charge in [-0.1, -0.05) is 6.07 Å². The molecule has 0 saturated heterocycles. The monoisotopic (exact) mass is 209 g/mol. The van der Waals surface area contributed by atoms with Crippen molar-refractivity contribution in [2.45, 2.75) is 18.9 Å². The lowest BCUT2D eigenvalue weighted by atomic mass is 10.0. The summed E-state index contributed by atoms with van der Waals surface area (Å²) in [5.74, 6) is 1.53. The van der Waals surface area contributed by atoms with Gasteiger partial charge in [-0.05, 0) is 30.5 Å². The highest BCUT2D eigenvalue weighted by atomic mass is 16.7. The van der Waals surface area contributed by atoms with Gasteiger partial charge >= 0.3 is 0 Å². The summed E-state index contributed by atoms with van der Waals surface area (Å²) in [6, 6.07) is 5.67. The summed E-state index contributed by atoms with van der Waals surface area (Å²) in [6.07, 6.45) is 1.49. The van der Waals surface area contributed by atoms with E-state index in [1.165, 1.54) is 0 Å². The van der Waals surface area contributed by atoms with Crippen LogP contribution in [0.15, 0.2) is 18.2 Å². The maximum atomic E-state index is 8.72. The standard InChI is InChI=1S/C11H15NO3/c12-9(2-1-5-13)8-3-4-10-11(6-8)15-7-14-10/h3-4,6,9,13H,1-2,5,7,12H2/t9-/m0/s1. The molecule has 1 aliphatic heterocycles. The first kappa shape index (κ1) is 10.3. The summed E-state index contributed by atoms with van der Waals surface area (Å²) in [7, 11) is 0. The Morgan fingerprint density at radius 3 is 2.93 bits per heavy atom. The van der Waals surface area contributed by atoms with Crippen LogP contribution in [0.3, 0.4) is 0 Å². The number of hydrogen-bond donors (Lipinski definition) is 2. The largest absolute Gasteiger partial charge is 0.454 e. The first-order valence-electron chi connectivity index (χ1n) is 5.07. The van der Waals surface area contributed by atoms with Crippen molar-refractivity contribution in [1.82, 2.24) is 0 Å². The zero-order valence-corrected chi connectivity index (χ0v) is 8.48. The molecule has 1 aromatic carbocycles. The lowest BCUT2D eigenvalue weighted by Crippen LogP contribution is -2.10. The Hall–Kier alpha value is -1.26. The molecule has 0 saturated carbocycles.